The van der Waals surface area contributed by atoms with Crippen molar-refractivity contribution in [3.8, 4) is 0 Å². The Balaban J connectivity index is 3.39. The van der Waals surface area contributed by atoms with E-state index < -0.39 is 12.1 Å². The minimum atomic E-state index is -0.650. The average molecular weight is 652 g/mol. The molecule has 0 aromatic heterocycles. The third-order valence-electron chi connectivity index (χ3n) is 10.1. The Morgan fingerprint density at radius 1 is 0.435 bits per heavy atom. The van der Waals surface area contributed by atoms with E-state index in [2.05, 4.69) is 19.2 Å². The summed E-state index contributed by atoms with van der Waals surface area (Å²) in [4.78, 5) is 12.3. The first-order chi connectivity index (χ1) is 22.7. The molecule has 0 saturated carbocycles. The highest BCUT2D eigenvalue weighted by molar-refractivity contribution is 5.76. The first-order valence-corrected chi connectivity index (χ1v) is 21.2. The van der Waals surface area contributed by atoms with Gasteiger partial charge in [-0.15, -0.1) is 0 Å². The van der Waals surface area contributed by atoms with Crippen LogP contribution in [0.2, 0.25) is 0 Å². The van der Waals surface area contributed by atoms with E-state index in [1.54, 1.807) is 0 Å². The second-order valence-corrected chi connectivity index (χ2v) is 14.8. The van der Waals surface area contributed by atoms with Gasteiger partial charge in [0.1, 0.15) is 0 Å². The van der Waals surface area contributed by atoms with Gasteiger partial charge in [0, 0.05) is 6.42 Å². The molecule has 276 valence electrons. The maximum atomic E-state index is 12.3. The van der Waals surface area contributed by atoms with Crippen LogP contribution < -0.4 is 5.32 Å². The van der Waals surface area contributed by atoms with Crippen LogP contribution in [0.15, 0.2) is 0 Å². The lowest BCUT2D eigenvalue weighted by Crippen LogP contribution is -2.45. The summed E-state index contributed by atoms with van der Waals surface area (Å²) in [6.45, 7) is 4.35. The van der Waals surface area contributed by atoms with Crippen molar-refractivity contribution in [2.75, 3.05) is 6.61 Å². The second-order valence-electron chi connectivity index (χ2n) is 14.8. The maximum absolute atomic E-state index is 12.3. The van der Waals surface area contributed by atoms with Crippen molar-refractivity contribution < 1.29 is 15.0 Å². The van der Waals surface area contributed by atoms with Crippen molar-refractivity contribution in [1.82, 2.24) is 5.32 Å². The molecule has 3 N–H and O–H groups in total. The molecule has 4 heteroatoms. The van der Waals surface area contributed by atoms with Gasteiger partial charge in [-0.25, -0.2) is 0 Å². The van der Waals surface area contributed by atoms with E-state index in [1.165, 1.54) is 193 Å². The van der Waals surface area contributed by atoms with Gasteiger partial charge in [0.2, 0.25) is 5.91 Å². The number of rotatable bonds is 39. The Kier molecular flexibility index (Phi) is 38.3. The van der Waals surface area contributed by atoms with Gasteiger partial charge >= 0.3 is 0 Å². The summed E-state index contributed by atoms with van der Waals surface area (Å²) >= 11 is 0. The molecular weight excluding hydrogens is 566 g/mol. The van der Waals surface area contributed by atoms with Gasteiger partial charge in [0.15, 0.2) is 0 Å². The maximum Gasteiger partial charge on any atom is 0.220 e. The standard InChI is InChI=1S/C42H85NO3/c1-3-5-7-9-11-13-14-15-16-17-18-19-20-21-22-23-24-25-26-27-28-30-32-34-36-38-42(46)43-40(39-44)41(45)37-35-33-31-29-12-10-8-6-4-2/h40-41,44-45H,3-39H2,1-2H3,(H,43,46). The van der Waals surface area contributed by atoms with Crippen LogP contribution in [0.5, 0.6) is 0 Å². The molecule has 0 bridgehead atoms. The van der Waals surface area contributed by atoms with Gasteiger partial charge < -0.3 is 15.5 Å². The lowest BCUT2D eigenvalue weighted by Gasteiger charge is -2.22. The highest BCUT2D eigenvalue weighted by atomic mass is 16.3. The van der Waals surface area contributed by atoms with Crippen LogP contribution in [0.1, 0.15) is 245 Å². The van der Waals surface area contributed by atoms with Crippen LogP contribution in [0, 0.1) is 0 Å². The molecule has 4 nitrogen and oxygen atoms in total. The summed E-state index contributed by atoms with van der Waals surface area (Å²) in [5, 5.41) is 23.0. The molecule has 0 aromatic rings. The van der Waals surface area contributed by atoms with Crippen molar-refractivity contribution in [2.45, 2.75) is 257 Å². The van der Waals surface area contributed by atoms with Crippen molar-refractivity contribution in [3.05, 3.63) is 0 Å². The first kappa shape index (κ1) is 45.4. The Bertz CT molecular complexity index is 583. The molecule has 0 heterocycles. The summed E-state index contributed by atoms with van der Waals surface area (Å²) in [6, 6.07) is -0.527. The molecule has 0 saturated heterocycles. The molecule has 0 aliphatic rings. The quantitative estimate of drug-likeness (QED) is 0.0579. The predicted molar refractivity (Wildman–Crippen MR) is 203 cm³/mol. The number of nitrogens with one attached hydrogen (secondary N) is 1. The van der Waals surface area contributed by atoms with Gasteiger partial charge in [0.05, 0.1) is 18.8 Å². The van der Waals surface area contributed by atoms with Crippen LogP contribution in [0.3, 0.4) is 0 Å². The number of aliphatic hydroxyl groups is 2. The smallest absolute Gasteiger partial charge is 0.220 e. The summed E-state index contributed by atoms with van der Waals surface area (Å²) < 4.78 is 0. The van der Waals surface area contributed by atoms with Crippen LogP contribution >= 0.6 is 0 Å². The zero-order valence-electron chi connectivity index (χ0n) is 31.6. The van der Waals surface area contributed by atoms with Gasteiger partial charge in [-0.1, -0.05) is 226 Å². The largest absolute Gasteiger partial charge is 0.394 e. The minimum Gasteiger partial charge on any atom is -0.394 e. The summed E-state index contributed by atoms with van der Waals surface area (Å²) in [5.74, 6) is -0.0285. The van der Waals surface area contributed by atoms with Crippen LogP contribution in [-0.4, -0.2) is 34.9 Å². The molecule has 0 radical (unpaired) electrons. The topological polar surface area (TPSA) is 69.6 Å². The monoisotopic (exact) mass is 652 g/mol. The Morgan fingerprint density at radius 2 is 0.696 bits per heavy atom. The molecule has 0 aliphatic heterocycles. The number of unbranched alkanes of at least 4 members (excludes halogenated alkanes) is 32. The van der Waals surface area contributed by atoms with Crippen LogP contribution in [0.4, 0.5) is 0 Å². The zero-order chi connectivity index (χ0) is 33.6. The fourth-order valence-electron chi connectivity index (χ4n) is 6.83. The van der Waals surface area contributed by atoms with E-state index in [1.807, 2.05) is 0 Å². The van der Waals surface area contributed by atoms with E-state index >= 15 is 0 Å². The highest BCUT2D eigenvalue weighted by Gasteiger charge is 2.20. The van der Waals surface area contributed by atoms with Crippen molar-refractivity contribution in [2.24, 2.45) is 0 Å². The van der Waals surface area contributed by atoms with E-state index in [9.17, 15) is 15.0 Å². The Morgan fingerprint density at radius 3 is 0.978 bits per heavy atom. The van der Waals surface area contributed by atoms with E-state index in [0.29, 0.717) is 12.8 Å². The molecule has 2 atom stereocenters. The summed E-state index contributed by atoms with van der Waals surface area (Å²) in [7, 11) is 0. The number of aliphatic hydroxyl groups excluding tert-OH is 2. The normalized spacial score (nSPS) is 12.9. The molecule has 0 spiro atoms. The number of hydrogen-bond donors (Lipinski definition) is 3. The summed E-state index contributed by atoms with van der Waals surface area (Å²) in [6.07, 6.45) is 46.2. The molecule has 1 amide bonds. The number of hydrogen-bond acceptors (Lipinski definition) is 3. The minimum absolute atomic E-state index is 0.0285. The molecular formula is C42H85NO3. The van der Waals surface area contributed by atoms with E-state index in [0.717, 1.165) is 25.7 Å². The van der Waals surface area contributed by atoms with Gasteiger partial charge in [-0.05, 0) is 12.8 Å². The van der Waals surface area contributed by atoms with Gasteiger partial charge in [0.25, 0.3) is 0 Å². The van der Waals surface area contributed by atoms with E-state index in [-0.39, 0.29) is 12.5 Å². The first-order valence-electron chi connectivity index (χ1n) is 21.2. The van der Waals surface area contributed by atoms with E-state index in [4.69, 9.17) is 0 Å². The van der Waals surface area contributed by atoms with Crippen molar-refractivity contribution in [3.63, 3.8) is 0 Å². The fourth-order valence-corrected chi connectivity index (χ4v) is 6.83. The molecule has 0 aromatic carbocycles. The number of amides is 1. The average Bonchev–Trinajstić information content (AvgIpc) is 3.06. The lowest BCUT2D eigenvalue weighted by molar-refractivity contribution is -0.123. The third kappa shape index (κ3) is 34.7. The molecule has 0 aliphatic carbocycles. The Labute approximate surface area is 289 Å². The number of carbonyl (C=O) groups is 1. The fraction of sp³-hybridized carbons (Fsp3) is 0.976. The SMILES string of the molecule is CCCCCCCCCCCCCCCCCCCCCCCCCCCC(=O)NC(CO)C(O)CCCCCCCCCCC. The van der Waals surface area contributed by atoms with Gasteiger partial charge in [-0.3, -0.25) is 4.79 Å². The van der Waals surface area contributed by atoms with Gasteiger partial charge in [-0.2, -0.15) is 0 Å². The molecule has 0 rings (SSSR count). The zero-order valence-corrected chi connectivity index (χ0v) is 31.6. The van der Waals surface area contributed by atoms with Crippen molar-refractivity contribution in [1.29, 1.82) is 0 Å². The predicted octanol–water partition coefficient (Wildman–Crippen LogP) is 12.9. The lowest BCUT2D eigenvalue weighted by atomic mass is 10.0. The highest BCUT2D eigenvalue weighted by Crippen LogP contribution is 2.17. The van der Waals surface area contributed by atoms with Crippen LogP contribution in [0.25, 0.3) is 0 Å². The Hall–Kier alpha value is -0.610. The number of carbonyl (C=O) groups excluding carboxylic acids is 1. The summed E-state index contributed by atoms with van der Waals surface area (Å²) in [5.41, 5.74) is 0. The van der Waals surface area contributed by atoms with Crippen LogP contribution in [-0.2, 0) is 4.79 Å². The molecule has 0 fully saturated rings. The molecule has 46 heavy (non-hydrogen) atoms. The molecule has 2 unspecified atom stereocenters. The second kappa shape index (κ2) is 38.8. The third-order valence-corrected chi connectivity index (χ3v) is 10.1. The van der Waals surface area contributed by atoms with Crippen molar-refractivity contribution >= 4 is 5.91 Å².